The number of likely N-dealkylation sites (N-methyl/N-ethyl adjacent to an activating group) is 1. The number of aromatic nitrogens is 1. The van der Waals surface area contributed by atoms with Crippen molar-refractivity contribution in [2.24, 2.45) is 0 Å². The van der Waals surface area contributed by atoms with Crippen molar-refractivity contribution in [1.82, 2.24) is 19.7 Å². The fraction of sp³-hybridized carbons (Fsp3) is 0.478. The van der Waals surface area contributed by atoms with Crippen molar-refractivity contribution >= 4 is 11.6 Å². The molecule has 2 aliphatic heterocycles. The summed E-state index contributed by atoms with van der Waals surface area (Å²) in [7, 11) is 2.13. The number of aliphatic hydroxyl groups is 1. The van der Waals surface area contributed by atoms with Crippen molar-refractivity contribution in [3.8, 4) is 11.5 Å². The number of β-amino-alcohol motifs (C(OH)–C–C–N with tert-alkyl or cyclic N) is 1. The number of amides is 1. The lowest BCUT2D eigenvalue weighted by Gasteiger charge is -2.36. The molecule has 4 rings (SSSR count). The van der Waals surface area contributed by atoms with Gasteiger partial charge < -0.3 is 20.1 Å². The maximum atomic E-state index is 12.5. The predicted octanol–water partition coefficient (Wildman–Crippen LogP) is 1.50. The summed E-state index contributed by atoms with van der Waals surface area (Å²) in [6.45, 7) is 6.26. The summed E-state index contributed by atoms with van der Waals surface area (Å²) in [6, 6.07) is 10.9. The van der Waals surface area contributed by atoms with Gasteiger partial charge in [-0.2, -0.15) is 0 Å². The summed E-state index contributed by atoms with van der Waals surface area (Å²) in [5.74, 6) is 1.27. The number of rotatable bonds is 7. The summed E-state index contributed by atoms with van der Waals surface area (Å²) in [6.07, 6.45) is 4.04. The maximum absolute atomic E-state index is 12.5. The molecule has 0 unspecified atom stereocenters. The highest BCUT2D eigenvalue weighted by Crippen LogP contribution is 2.24. The lowest BCUT2D eigenvalue weighted by molar-refractivity contribution is -0.117. The minimum Gasteiger partial charge on any atom is -0.456 e. The number of likely N-dealkylation sites (tertiary alicyclic amines) is 1. The first-order chi connectivity index (χ1) is 15.0. The molecule has 166 valence electrons. The average Bonchev–Trinajstić information content (AvgIpc) is 3.12. The number of carbonyl (C=O) groups excluding carboxylic acids is 1. The van der Waals surface area contributed by atoms with E-state index in [1.54, 1.807) is 12.4 Å². The van der Waals surface area contributed by atoms with Crippen LogP contribution >= 0.6 is 0 Å². The molecule has 2 saturated heterocycles. The SMILES string of the molecule is CN1CCN(C[C@]2(O)CCN(CC(=O)Nc3ccc(Oc4cccnc4)cc3)C2)CC1. The Morgan fingerprint density at radius 2 is 1.87 bits per heavy atom. The van der Waals surface area contributed by atoms with Gasteiger partial charge in [-0.05, 0) is 49.9 Å². The molecule has 0 saturated carbocycles. The maximum Gasteiger partial charge on any atom is 0.238 e. The van der Waals surface area contributed by atoms with E-state index in [1.165, 1.54) is 0 Å². The van der Waals surface area contributed by atoms with Crippen LogP contribution in [0.4, 0.5) is 5.69 Å². The lowest BCUT2D eigenvalue weighted by Crippen LogP contribution is -2.52. The fourth-order valence-corrected chi connectivity index (χ4v) is 4.18. The minimum atomic E-state index is -0.735. The van der Waals surface area contributed by atoms with Crippen molar-refractivity contribution in [1.29, 1.82) is 0 Å². The quantitative estimate of drug-likeness (QED) is 0.696. The van der Waals surface area contributed by atoms with E-state index in [0.29, 0.717) is 31.0 Å². The average molecular weight is 426 g/mol. The summed E-state index contributed by atoms with van der Waals surface area (Å²) in [5.41, 5.74) is -0.0167. The number of nitrogens with one attached hydrogen (secondary N) is 1. The molecule has 3 heterocycles. The van der Waals surface area contributed by atoms with Crippen LogP contribution in [0.15, 0.2) is 48.8 Å². The Bertz CT molecular complexity index is 855. The third-order valence-corrected chi connectivity index (χ3v) is 5.90. The van der Waals surface area contributed by atoms with Crippen molar-refractivity contribution < 1.29 is 14.6 Å². The smallest absolute Gasteiger partial charge is 0.238 e. The van der Waals surface area contributed by atoms with Gasteiger partial charge >= 0.3 is 0 Å². The van der Waals surface area contributed by atoms with Gasteiger partial charge in [0, 0.05) is 57.7 Å². The first kappa shape index (κ1) is 21.7. The van der Waals surface area contributed by atoms with Crippen molar-refractivity contribution in [2.45, 2.75) is 12.0 Å². The van der Waals surface area contributed by atoms with Gasteiger partial charge in [-0.1, -0.05) is 0 Å². The zero-order valence-corrected chi connectivity index (χ0v) is 18.0. The molecule has 2 N–H and O–H groups in total. The van der Waals surface area contributed by atoms with Gasteiger partial charge in [-0.25, -0.2) is 0 Å². The number of hydrogen-bond donors (Lipinski definition) is 2. The van der Waals surface area contributed by atoms with Gasteiger partial charge in [-0.3, -0.25) is 19.6 Å². The van der Waals surface area contributed by atoms with Crippen molar-refractivity contribution in [3.05, 3.63) is 48.8 Å². The van der Waals surface area contributed by atoms with E-state index < -0.39 is 5.60 Å². The molecule has 1 aromatic heterocycles. The number of carbonyl (C=O) groups is 1. The summed E-state index contributed by atoms with van der Waals surface area (Å²) in [4.78, 5) is 23.2. The van der Waals surface area contributed by atoms with E-state index in [2.05, 4.69) is 27.1 Å². The van der Waals surface area contributed by atoms with E-state index in [9.17, 15) is 9.90 Å². The number of hydrogen-bond acceptors (Lipinski definition) is 7. The Kier molecular flexibility index (Phi) is 6.82. The number of nitrogens with zero attached hydrogens (tertiary/aromatic N) is 4. The van der Waals surface area contributed by atoms with Crippen LogP contribution in [0.3, 0.4) is 0 Å². The molecular weight excluding hydrogens is 394 g/mol. The molecule has 0 aliphatic carbocycles. The second-order valence-electron chi connectivity index (χ2n) is 8.63. The number of piperazine rings is 1. The summed E-state index contributed by atoms with van der Waals surface area (Å²) in [5, 5.41) is 13.9. The summed E-state index contributed by atoms with van der Waals surface area (Å²) < 4.78 is 5.72. The molecule has 0 bridgehead atoms. The molecule has 1 aromatic carbocycles. The van der Waals surface area contributed by atoms with E-state index in [0.717, 1.165) is 38.4 Å². The fourth-order valence-electron chi connectivity index (χ4n) is 4.18. The van der Waals surface area contributed by atoms with Crippen molar-refractivity contribution in [2.75, 3.05) is 64.7 Å². The largest absolute Gasteiger partial charge is 0.456 e. The standard InChI is InChI=1S/C23H31N5O3/c1-26-11-13-27(14-12-26)17-23(30)8-10-28(18-23)16-22(29)25-19-4-6-20(7-5-19)31-21-3-2-9-24-15-21/h2-7,9,15,30H,8,10-14,16-18H2,1H3,(H,25,29)/t23-/m1/s1. The normalized spacial score (nSPS) is 23.0. The third kappa shape index (κ3) is 6.24. The monoisotopic (exact) mass is 425 g/mol. The van der Waals surface area contributed by atoms with E-state index in [1.807, 2.05) is 41.3 Å². The number of anilines is 1. The second-order valence-corrected chi connectivity index (χ2v) is 8.63. The van der Waals surface area contributed by atoms with Crippen LogP contribution < -0.4 is 10.1 Å². The Morgan fingerprint density at radius 3 is 2.58 bits per heavy atom. The van der Waals surface area contributed by atoms with E-state index in [4.69, 9.17) is 4.74 Å². The highest BCUT2D eigenvalue weighted by Gasteiger charge is 2.38. The van der Waals surface area contributed by atoms with Crippen LogP contribution in [0.25, 0.3) is 0 Å². The van der Waals surface area contributed by atoms with Gasteiger partial charge in [0.15, 0.2) is 0 Å². The third-order valence-electron chi connectivity index (χ3n) is 5.90. The highest BCUT2D eigenvalue weighted by molar-refractivity contribution is 5.92. The molecule has 0 spiro atoms. The Balaban J connectivity index is 1.22. The van der Waals surface area contributed by atoms with Crippen LogP contribution in [0.1, 0.15) is 6.42 Å². The van der Waals surface area contributed by atoms with Crippen LogP contribution in [0.5, 0.6) is 11.5 Å². The second kappa shape index (κ2) is 9.74. The molecule has 2 fully saturated rings. The molecule has 1 atom stereocenters. The zero-order chi connectivity index (χ0) is 21.7. The number of benzene rings is 1. The molecule has 8 heteroatoms. The Labute approximate surface area is 183 Å². The molecule has 2 aliphatic rings. The number of ether oxygens (including phenoxy) is 1. The van der Waals surface area contributed by atoms with Gasteiger partial charge in [-0.15, -0.1) is 0 Å². The van der Waals surface area contributed by atoms with Crippen LogP contribution in [-0.4, -0.2) is 95.7 Å². The lowest BCUT2D eigenvalue weighted by atomic mass is 10.0. The topological polar surface area (TPSA) is 81.2 Å². The van der Waals surface area contributed by atoms with Gasteiger partial charge in [0.1, 0.15) is 11.5 Å². The number of pyridine rings is 1. The molecule has 2 aromatic rings. The van der Waals surface area contributed by atoms with E-state index in [-0.39, 0.29) is 12.5 Å². The molecule has 1 amide bonds. The molecule has 8 nitrogen and oxygen atoms in total. The summed E-state index contributed by atoms with van der Waals surface area (Å²) >= 11 is 0. The van der Waals surface area contributed by atoms with Gasteiger partial charge in [0.25, 0.3) is 0 Å². The predicted molar refractivity (Wildman–Crippen MR) is 119 cm³/mol. The first-order valence-electron chi connectivity index (χ1n) is 10.8. The minimum absolute atomic E-state index is 0.0789. The van der Waals surface area contributed by atoms with Gasteiger partial charge in [0.05, 0.1) is 18.3 Å². The van der Waals surface area contributed by atoms with Crippen molar-refractivity contribution in [3.63, 3.8) is 0 Å². The molecule has 31 heavy (non-hydrogen) atoms. The molecule has 0 radical (unpaired) electrons. The van der Waals surface area contributed by atoms with Crippen LogP contribution in [-0.2, 0) is 4.79 Å². The van der Waals surface area contributed by atoms with Crippen LogP contribution in [0, 0.1) is 0 Å². The Hall–Kier alpha value is -2.52. The van der Waals surface area contributed by atoms with E-state index >= 15 is 0 Å². The van der Waals surface area contributed by atoms with Crippen LogP contribution in [0.2, 0.25) is 0 Å². The Morgan fingerprint density at radius 1 is 1.10 bits per heavy atom. The highest BCUT2D eigenvalue weighted by atomic mass is 16.5. The molecular formula is C23H31N5O3. The van der Waals surface area contributed by atoms with Gasteiger partial charge in [0.2, 0.25) is 5.91 Å². The first-order valence-corrected chi connectivity index (χ1v) is 10.8. The zero-order valence-electron chi connectivity index (χ0n) is 18.0.